The number of hydrogen-bond donors (Lipinski definition) is 2. The molecular weight excluding hydrogens is 268 g/mol. The second-order valence-corrected chi connectivity index (χ2v) is 5.01. The van der Waals surface area contributed by atoms with Crippen molar-refractivity contribution in [3.05, 3.63) is 42.0 Å². The number of ether oxygens (including phenoxy) is 1. The predicted molar refractivity (Wildman–Crippen MR) is 80.7 cm³/mol. The molecule has 0 fully saturated rings. The molecule has 0 saturated heterocycles. The minimum atomic E-state index is -0.224. The highest BCUT2D eigenvalue weighted by Crippen LogP contribution is 2.29. The molecule has 0 aliphatic rings. The van der Waals surface area contributed by atoms with E-state index in [1.165, 1.54) is 0 Å². The minimum absolute atomic E-state index is 0.224. The summed E-state index contributed by atoms with van der Waals surface area (Å²) in [6.45, 7) is 1.63. The quantitative estimate of drug-likeness (QED) is 0.567. The van der Waals surface area contributed by atoms with Gasteiger partial charge in [0.15, 0.2) is 5.75 Å². The van der Waals surface area contributed by atoms with Crippen molar-refractivity contribution in [1.82, 2.24) is 25.1 Å². The van der Waals surface area contributed by atoms with Gasteiger partial charge in [-0.3, -0.25) is 15.5 Å². The van der Waals surface area contributed by atoms with Crippen molar-refractivity contribution in [1.29, 1.82) is 0 Å². The van der Waals surface area contributed by atoms with Gasteiger partial charge in [0, 0.05) is 18.9 Å². The van der Waals surface area contributed by atoms with Gasteiger partial charge in [0.05, 0.1) is 25.9 Å². The SMILES string of the molecule is COc1cnn(CCN(C)C)c1C(NN)c1cccnc1. The molecule has 21 heavy (non-hydrogen) atoms. The third kappa shape index (κ3) is 3.57. The van der Waals surface area contributed by atoms with Gasteiger partial charge in [0.2, 0.25) is 0 Å². The number of hydrogen-bond acceptors (Lipinski definition) is 6. The minimum Gasteiger partial charge on any atom is -0.493 e. The van der Waals surface area contributed by atoms with Gasteiger partial charge in [-0.2, -0.15) is 5.10 Å². The molecule has 0 aliphatic heterocycles. The number of nitrogens with two attached hydrogens (primary N) is 1. The lowest BCUT2D eigenvalue weighted by Crippen LogP contribution is -2.32. The third-order valence-corrected chi connectivity index (χ3v) is 3.28. The Morgan fingerprint density at radius 3 is 2.81 bits per heavy atom. The normalized spacial score (nSPS) is 12.6. The van der Waals surface area contributed by atoms with Crippen molar-refractivity contribution >= 4 is 0 Å². The van der Waals surface area contributed by atoms with E-state index in [0.29, 0.717) is 5.75 Å². The van der Waals surface area contributed by atoms with Gasteiger partial charge >= 0.3 is 0 Å². The second-order valence-electron chi connectivity index (χ2n) is 5.01. The van der Waals surface area contributed by atoms with Crippen molar-refractivity contribution < 1.29 is 4.74 Å². The summed E-state index contributed by atoms with van der Waals surface area (Å²) < 4.78 is 7.34. The van der Waals surface area contributed by atoms with E-state index in [9.17, 15) is 0 Å². The Hall–Kier alpha value is -1.96. The van der Waals surface area contributed by atoms with Crippen molar-refractivity contribution in [2.75, 3.05) is 27.7 Å². The van der Waals surface area contributed by atoms with Crippen LogP contribution >= 0.6 is 0 Å². The standard InChI is InChI=1S/C14H22N6O/c1-19(2)7-8-20-14(12(21-3)10-17-20)13(18-15)11-5-4-6-16-9-11/h4-6,9-10,13,18H,7-8,15H2,1-3H3. The summed E-state index contributed by atoms with van der Waals surface area (Å²) in [5.41, 5.74) is 4.69. The van der Waals surface area contributed by atoms with E-state index in [1.54, 1.807) is 25.7 Å². The molecule has 3 N–H and O–H groups in total. The fourth-order valence-corrected chi connectivity index (χ4v) is 2.18. The van der Waals surface area contributed by atoms with Crippen LogP contribution in [0.1, 0.15) is 17.3 Å². The highest BCUT2D eigenvalue weighted by molar-refractivity contribution is 5.35. The van der Waals surface area contributed by atoms with Crippen molar-refractivity contribution in [3.63, 3.8) is 0 Å². The van der Waals surface area contributed by atoms with Crippen LogP contribution in [0.5, 0.6) is 5.75 Å². The zero-order chi connectivity index (χ0) is 15.2. The molecule has 0 aromatic carbocycles. The monoisotopic (exact) mass is 290 g/mol. The Labute approximate surface area is 124 Å². The van der Waals surface area contributed by atoms with E-state index in [0.717, 1.165) is 24.3 Å². The molecule has 2 heterocycles. The maximum absolute atomic E-state index is 5.76. The lowest BCUT2D eigenvalue weighted by atomic mass is 10.1. The van der Waals surface area contributed by atoms with E-state index in [-0.39, 0.29) is 6.04 Å². The first kappa shape index (κ1) is 15.4. The highest BCUT2D eigenvalue weighted by Gasteiger charge is 2.22. The molecule has 0 aliphatic carbocycles. The van der Waals surface area contributed by atoms with Crippen LogP contribution in [0.2, 0.25) is 0 Å². The Kier molecular flexibility index (Phi) is 5.26. The van der Waals surface area contributed by atoms with Crippen LogP contribution in [0.4, 0.5) is 0 Å². The molecule has 2 aromatic rings. The maximum atomic E-state index is 5.76. The number of aromatic nitrogens is 3. The lowest BCUT2D eigenvalue weighted by Gasteiger charge is -2.20. The summed E-state index contributed by atoms with van der Waals surface area (Å²) in [6, 6.07) is 3.63. The summed E-state index contributed by atoms with van der Waals surface area (Å²) in [5.74, 6) is 6.47. The first-order valence-corrected chi connectivity index (χ1v) is 6.77. The molecule has 1 unspecified atom stereocenters. The molecule has 1 atom stereocenters. The van der Waals surface area contributed by atoms with Gasteiger partial charge in [-0.15, -0.1) is 0 Å². The predicted octanol–water partition coefficient (Wildman–Crippen LogP) is 0.401. The van der Waals surface area contributed by atoms with Crippen molar-refractivity contribution in [2.45, 2.75) is 12.6 Å². The van der Waals surface area contributed by atoms with E-state index in [4.69, 9.17) is 10.6 Å². The summed E-state index contributed by atoms with van der Waals surface area (Å²) in [5, 5.41) is 4.40. The number of nitrogens with zero attached hydrogens (tertiary/aromatic N) is 4. The van der Waals surface area contributed by atoms with Crippen LogP contribution in [-0.2, 0) is 6.54 Å². The van der Waals surface area contributed by atoms with E-state index >= 15 is 0 Å². The number of hydrazine groups is 1. The zero-order valence-electron chi connectivity index (χ0n) is 12.7. The number of nitrogens with one attached hydrogen (secondary N) is 1. The van der Waals surface area contributed by atoms with Crippen molar-refractivity contribution in [2.24, 2.45) is 5.84 Å². The molecule has 7 nitrogen and oxygen atoms in total. The van der Waals surface area contributed by atoms with Gasteiger partial charge in [-0.25, -0.2) is 5.43 Å². The highest BCUT2D eigenvalue weighted by atomic mass is 16.5. The molecule has 0 bridgehead atoms. The lowest BCUT2D eigenvalue weighted by molar-refractivity contribution is 0.359. The first-order valence-electron chi connectivity index (χ1n) is 6.77. The number of methoxy groups -OCH3 is 1. The van der Waals surface area contributed by atoms with E-state index in [1.807, 2.05) is 30.9 Å². The van der Waals surface area contributed by atoms with Gasteiger partial charge < -0.3 is 9.64 Å². The van der Waals surface area contributed by atoms with E-state index < -0.39 is 0 Å². The largest absolute Gasteiger partial charge is 0.493 e. The molecule has 114 valence electrons. The average Bonchev–Trinajstić information content (AvgIpc) is 2.90. The Bertz CT molecular complexity index is 554. The summed E-state index contributed by atoms with van der Waals surface area (Å²) >= 11 is 0. The molecule has 2 aromatic heterocycles. The smallest absolute Gasteiger partial charge is 0.161 e. The van der Waals surface area contributed by atoms with Crippen LogP contribution in [0.3, 0.4) is 0 Å². The number of pyridine rings is 1. The molecular formula is C14H22N6O. The fraction of sp³-hybridized carbons (Fsp3) is 0.429. The molecule has 0 spiro atoms. The van der Waals surface area contributed by atoms with Gasteiger partial charge in [0.1, 0.15) is 5.69 Å². The summed E-state index contributed by atoms with van der Waals surface area (Å²) in [7, 11) is 5.69. The van der Waals surface area contributed by atoms with Crippen LogP contribution in [0.25, 0.3) is 0 Å². The van der Waals surface area contributed by atoms with Crippen LogP contribution in [0, 0.1) is 0 Å². The Morgan fingerprint density at radius 1 is 1.43 bits per heavy atom. The van der Waals surface area contributed by atoms with Gasteiger partial charge in [0.25, 0.3) is 0 Å². The number of likely N-dealkylation sites (N-methyl/N-ethyl adjacent to an activating group) is 1. The maximum Gasteiger partial charge on any atom is 0.161 e. The summed E-state index contributed by atoms with van der Waals surface area (Å²) in [6.07, 6.45) is 5.23. The van der Waals surface area contributed by atoms with Gasteiger partial charge in [-0.05, 0) is 25.7 Å². The Morgan fingerprint density at radius 2 is 2.24 bits per heavy atom. The fourth-order valence-electron chi connectivity index (χ4n) is 2.18. The number of rotatable bonds is 7. The molecule has 2 rings (SSSR count). The van der Waals surface area contributed by atoms with E-state index in [2.05, 4.69) is 20.4 Å². The topological polar surface area (TPSA) is 81.2 Å². The Balaban J connectivity index is 2.37. The van der Waals surface area contributed by atoms with Crippen LogP contribution in [-0.4, -0.2) is 47.4 Å². The second kappa shape index (κ2) is 7.16. The summed E-state index contributed by atoms with van der Waals surface area (Å²) in [4.78, 5) is 6.25. The zero-order valence-corrected chi connectivity index (χ0v) is 12.7. The van der Waals surface area contributed by atoms with Crippen molar-refractivity contribution in [3.8, 4) is 5.75 Å². The third-order valence-electron chi connectivity index (χ3n) is 3.28. The molecule has 0 amide bonds. The first-order chi connectivity index (χ1) is 10.2. The van der Waals surface area contributed by atoms with Crippen LogP contribution < -0.4 is 16.0 Å². The molecule has 0 radical (unpaired) electrons. The molecule has 7 heteroatoms. The average molecular weight is 290 g/mol. The van der Waals surface area contributed by atoms with Crippen LogP contribution in [0.15, 0.2) is 30.7 Å². The van der Waals surface area contributed by atoms with Gasteiger partial charge in [-0.1, -0.05) is 6.07 Å². The molecule has 0 saturated carbocycles.